The molecule has 0 spiro atoms. The van der Waals surface area contributed by atoms with Crippen LogP contribution in [0, 0.1) is 0 Å². The van der Waals surface area contributed by atoms with Gasteiger partial charge in [0.15, 0.2) is 36.8 Å². The minimum atomic E-state index is -1.90. The van der Waals surface area contributed by atoms with Crippen LogP contribution < -0.4 is 9.47 Å². The van der Waals surface area contributed by atoms with Crippen molar-refractivity contribution in [1.82, 2.24) is 0 Å². The molecule has 392 valence electrons. The van der Waals surface area contributed by atoms with E-state index in [0.29, 0.717) is 5.75 Å². The maximum atomic E-state index is 14.4. The second-order valence-corrected chi connectivity index (χ2v) is 17.0. The van der Waals surface area contributed by atoms with Crippen molar-refractivity contribution in [3.05, 3.63) is 216 Å². The molecule has 0 aliphatic carbocycles. The van der Waals surface area contributed by atoms with E-state index in [1.165, 1.54) is 80.8 Å². The van der Waals surface area contributed by atoms with Gasteiger partial charge in [-0.15, -0.1) is 0 Å². The molecule has 2 aliphatic rings. The standard InChI is InChI=1S/C58H52O18/c1-4-34-66-58(64)76-47-45(71-52(60)38-22-12-6-13-23-38)36(2)68-56(49(47)73-54(62)40-26-16-8-17-27-40)75-48-46(72-53(61)39-24-14-7-15-25-39)44(35-67-51(59)37-20-10-5-11-21-37)70-57(69-43-32-30-42(65-3)31-33-43)50(48)74-55(63)41-28-18-9-19-29-41/h4-33,36,44-50,56-57H,1,34-35H2,2-3H3/t36-,44+,45+,46+,47+,48-,49+,50+,56-,57-/m0/s1. The van der Waals surface area contributed by atoms with Gasteiger partial charge in [0.05, 0.1) is 41.0 Å². The van der Waals surface area contributed by atoms with E-state index in [1.54, 1.807) is 115 Å². The van der Waals surface area contributed by atoms with Crippen LogP contribution in [-0.4, -0.2) is 118 Å². The van der Waals surface area contributed by atoms with Crippen LogP contribution in [0.3, 0.4) is 0 Å². The summed E-state index contributed by atoms with van der Waals surface area (Å²) in [5, 5.41) is 0. The van der Waals surface area contributed by atoms with Crippen molar-refractivity contribution in [3.8, 4) is 11.5 Å². The first kappa shape index (κ1) is 53.5. The summed E-state index contributed by atoms with van der Waals surface area (Å²) in [6.07, 6.45) is -16.9. The lowest BCUT2D eigenvalue weighted by Crippen LogP contribution is -2.67. The summed E-state index contributed by atoms with van der Waals surface area (Å²) < 4.78 is 73.7. The highest BCUT2D eigenvalue weighted by atomic mass is 16.8. The third-order valence-electron chi connectivity index (χ3n) is 11.9. The first-order valence-corrected chi connectivity index (χ1v) is 24.0. The van der Waals surface area contributed by atoms with Crippen molar-refractivity contribution in [2.24, 2.45) is 0 Å². The average molecular weight is 1040 g/mol. The number of rotatable bonds is 19. The minimum absolute atomic E-state index is 0.0364. The van der Waals surface area contributed by atoms with Gasteiger partial charge in [-0.05, 0) is 91.9 Å². The van der Waals surface area contributed by atoms with Crippen LogP contribution in [0.15, 0.2) is 189 Å². The van der Waals surface area contributed by atoms with Crippen LogP contribution in [0.1, 0.15) is 58.7 Å². The largest absolute Gasteiger partial charge is 0.509 e. The Kier molecular flexibility index (Phi) is 18.2. The zero-order chi connectivity index (χ0) is 53.4. The zero-order valence-corrected chi connectivity index (χ0v) is 41.1. The number of benzene rings is 6. The second kappa shape index (κ2) is 25.9. The molecule has 0 N–H and O–H groups in total. The Bertz CT molecular complexity index is 2890. The molecular formula is C58H52O18. The van der Waals surface area contributed by atoms with E-state index in [4.69, 9.17) is 56.8 Å². The maximum Gasteiger partial charge on any atom is 0.509 e. The summed E-state index contributed by atoms with van der Waals surface area (Å²) in [5.41, 5.74) is 0.483. The van der Waals surface area contributed by atoms with Crippen LogP contribution in [0.2, 0.25) is 0 Å². The summed E-state index contributed by atoms with van der Waals surface area (Å²) in [7, 11) is 1.48. The summed E-state index contributed by atoms with van der Waals surface area (Å²) in [5.74, 6) is -3.82. The molecule has 18 heteroatoms. The van der Waals surface area contributed by atoms with Gasteiger partial charge >= 0.3 is 36.0 Å². The number of hydrogen-bond donors (Lipinski definition) is 0. The van der Waals surface area contributed by atoms with Gasteiger partial charge < -0.3 is 56.8 Å². The fraction of sp³-hybridized carbons (Fsp3) is 0.241. The summed E-state index contributed by atoms with van der Waals surface area (Å²) in [4.78, 5) is 84.0. The van der Waals surface area contributed by atoms with Gasteiger partial charge in [0, 0.05) is 0 Å². The number of carbonyl (C=O) groups is 6. The molecule has 2 aliphatic heterocycles. The molecule has 0 unspecified atom stereocenters. The van der Waals surface area contributed by atoms with Gasteiger partial charge in [0.25, 0.3) is 0 Å². The highest BCUT2D eigenvalue weighted by molar-refractivity contribution is 5.91. The first-order chi connectivity index (χ1) is 37.0. The lowest BCUT2D eigenvalue weighted by Gasteiger charge is -2.48. The molecule has 2 saturated heterocycles. The highest BCUT2D eigenvalue weighted by Gasteiger charge is 2.58. The van der Waals surface area contributed by atoms with Gasteiger partial charge in [0.1, 0.15) is 36.9 Å². The van der Waals surface area contributed by atoms with Gasteiger partial charge in [0.2, 0.25) is 6.29 Å². The lowest BCUT2D eigenvalue weighted by molar-refractivity contribution is -0.346. The van der Waals surface area contributed by atoms with Crippen LogP contribution in [0.25, 0.3) is 0 Å². The molecule has 0 amide bonds. The Morgan fingerprint density at radius 2 is 0.855 bits per heavy atom. The molecule has 0 bridgehead atoms. The van der Waals surface area contributed by atoms with Crippen molar-refractivity contribution in [2.45, 2.75) is 68.3 Å². The molecule has 10 atom stereocenters. The van der Waals surface area contributed by atoms with E-state index in [9.17, 15) is 28.8 Å². The topological polar surface area (TPSA) is 213 Å². The van der Waals surface area contributed by atoms with Crippen LogP contribution >= 0.6 is 0 Å². The van der Waals surface area contributed by atoms with E-state index in [1.807, 2.05) is 0 Å². The molecule has 18 nitrogen and oxygen atoms in total. The van der Waals surface area contributed by atoms with Crippen LogP contribution in [-0.2, 0) is 47.4 Å². The van der Waals surface area contributed by atoms with Crippen molar-refractivity contribution >= 4 is 36.0 Å². The fourth-order valence-corrected chi connectivity index (χ4v) is 8.13. The molecule has 2 heterocycles. The fourth-order valence-electron chi connectivity index (χ4n) is 8.13. The van der Waals surface area contributed by atoms with Crippen molar-refractivity contribution < 1.29 is 85.6 Å². The first-order valence-electron chi connectivity index (χ1n) is 24.0. The number of esters is 5. The Labute approximate surface area is 436 Å². The molecule has 0 aromatic heterocycles. The van der Waals surface area contributed by atoms with E-state index >= 15 is 0 Å². The second-order valence-electron chi connectivity index (χ2n) is 17.0. The molecule has 2 fully saturated rings. The molecule has 76 heavy (non-hydrogen) atoms. The van der Waals surface area contributed by atoms with E-state index < -0.39 is 104 Å². The van der Waals surface area contributed by atoms with E-state index in [0.717, 1.165) is 0 Å². The number of ether oxygens (including phenoxy) is 12. The zero-order valence-electron chi connectivity index (χ0n) is 41.1. The monoisotopic (exact) mass is 1040 g/mol. The Morgan fingerprint density at radius 3 is 1.30 bits per heavy atom. The molecule has 6 aromatic rings. The van der Waals surface area contributed by atoms with Gasteiger partial charge in [-0.25, -0.2) is 28.8 Å². The summed E-state index contributed by atoms with van der Waals surface area (Å²) >= 11 is 0. The predicted molar refractivity (Wildman–Crippen MR) is 267 cm³/mol. The third-order valence-corrected chi connectivity index (χ3v) is 11.9. The molecule has 0 saturated carbocycles. The van der Waals surface area contributed by atoms with E-state index in [-0.39, 0.29) is 40.2 Å². The molecule has 8 rings (SSSR count). The SMILES string of the molecule is C=CCOC(=O)O[C@H]1[C@@H](OC(=O)c2ccccc2)[C@H](O[C@@H]2[C@@H](OC(=O)c3ccccc3)[C@@H](Oc3ccc(OC)cc3)O[C@H](COC(=O)c3ccccc3)[C@H]2OC(=O)c2ccccc2)O[C@@H](C)[C@H]1OC(=O)c1ccccc1. The number of hydrogen-bond acceptors (Lipinski definition) is 18. The third kappa shape index (κ3) is 13.7. The van der Waals surface area contributed by atoms with Crippen molar-refractivity contribution in [1.29, 1.82) is 0 Å². The maximum absolute atomic E-state index is 14.4. The minimum Gasteiger partial charge on any atom is -0.497 e. The number of methoxy groups -OCH3 is 1. The summed E-state index contributed by atoms with van der Waals surface area (Å²) in [6.45, 7) is 4.12. The molecule has 6 aromatic carbocycles. The Balaban J connectivity index is 1.27. The lowest BCUT2D eigenvalue weighted by atomic mass is 9.96. The van der Waals surface area contributed by atoms with Gasteiger partial charge in [-0.3, -0.25) is 0 Å². The molecular weight excluding hydrogens is 985 g/mol. The van der Waals surface area contributed by atoms with Gasteiger partial charge in [-0.2, -0.15) is 0 Å². The normalized spacial score (nSPS) is 22.8. The van der Waals surface area contributed by atoms with Crippen molar-refractivity contribution in [2.75, 3.05) is 20.3 Å². The van der Waals surface area contributed by atoms with Crippen LogP contribution in [0.4, 0.5) is 4.79 Å². The Morgan fingerprint density at radius 1 is 0.447 bits per heavy atom. The van der Waals surface area contributed by atoms with Crippen molar-refractivity contribution in [3.63, 3.8) is 0 Å². The molecule has 0 radical (unpaired) electrons. The predicted octanol–water partition coefficient (Wildman–Crippen LogP) is 8.40. The van der Waals surface area contributed by atoms with E-state index in [2.05, 4.69) is 6.58 Å². The van der Waals surface area contributed by atoms with Gasteiger partial charge in [-0.1, -0.05) is 104 Å². The number of carbonyl (C=O) groups excluding carboxylic acids is 6. The Hall–Kier alpha value is -8.84. The summed E-state index contributed by atoms with van der Waals surface area (Å²) in [6, 6.07) is 45.8. The highest BCUT2D eigenvalue weighted by Crippen LogP contribution is 2.37. The average Bonchev–Trinajstić information content (AvgIpc) is 3.48. The smallest absolute Gasteiger partial charge is 0.497 e. The quantitative estimate of drug-likeness (QED) is 0.0423. The van der Waals surface area contributed by atoms with Crippen LogP contribution in [0.5, 0.6) is 11.5 Å².